The molecule has 0 fully saturated rings. The van der Waals surface area contributed by atoms with Crippen LogP contribution in [0.4, 0.5) is 8.78 Å². The number of benzene rings is 2. The van der Waals surface area contributed by atoms with E-state index in [1.807, 2.05) is 0 Å². The lowest BCUT2D eigenvalue weighted by Crippen LogP contribution is -1.99. The van der Waals surface area contributed by atoms with Crippen LogP contribution in [0.5, 0.6) is 5.75 Å². The molecule has 2 rings (SSSR count). The largest absolute Gasteiger partial charge is 0.496 e. The number of aromatic carboxylic acids is 1. The predicted octanol–water partition coefficient (Wildman–Crippen LogP) is 3.96. The molecule has 2 aromatic rings. The van der Waals surface area contributed by atoms with Crippen LogP contribution >= 0.6 is 11.8 Å². The van der Waals surface area contributed by atoms with Crippen molar-refractivity contribution in [2.24, 2.45) is 0 Å². The van der Waals surface area contributed by atoms with Crippen LogP contribution in [0.3, 0.4) is 0 Å². The van der Waals surface area contributed by atoms with Gasteiger partial charge in [0.2, 0.25) is 0 Å². The third-order valence-electron chi connectivity index (χ3n) is 2.80. The number of hydrogen-bond donors (Lipinski definition) is 1. The lowest BCUT2D eigenvalue weighted by atomic mass is 10.1. The molecule has 0 aliphatic rings. The smallest absolute Gasteiger partial charge is 0.335 e. The second kappa shape index (κ2) is 6.58. The number of carboxylic acids is 1. The van der Waals surface area contributed by atoms with E-state index in [9.17, 15) is 13.6 Å². The number of rotatable bonds is 5. The summed E-state index contributed by atoms with van der Waals surface area (Å²) in [6, 6.07) is 7.64. The molecule has 0 aromatic heterocycles. The lowest BCUT2D eigenvalue weighted by Gasteiger charge is -2.10. The van der Waals surface area contributed by atoms with Gasteiger partial charge < -0.3 is 9.84 Å². The fraction of sp³-hybridized carbons (Fsp3) is 0.133. The van der Waals surface area contributed by atoms with Crippen LogP contribution in [0.2, 0.25) is 0 Å². The molecule has 0 atom stereocenters. The van der Waals surface area contributed by atoms with E-state index in [-0.39, 0.29) is 16.2 Å². The Kier molecular flexibility index (Phi) is 4.80. The first kappa shape index (κ1) is 15.3. The Morgan fingerprint density at radius 3 is 2.67 bits per heavy atom. The van der Waals surface area contributed by atoms with E-state index in [4.69, 9.17) is 9.84 Å². The Hall–Kier alpha value is -2.08. The van der Waals surface area contributed by atoms with Crippen molar-refractivity contribution in [2.45, 2.75) is 10.6 Å². The Bertz CT molecular complexity index is 674. The minimum atomic E-state index is -1.05. The van der Waals surface area contributed by atoms with Gasteiger partial charge in [-0.3, -0.25) is 0 Å². The van der Waals surface area contributed by atoms with Gasteiger partial charge in [0.25, 0.3) is 0 Å². The van der Waals surface area contributed by atoms with Crippen molar-refractivity contribution < 1.29 is 23.4 Å². The molecule has 0 aliphatic carbocycles. The second-order valence-electron chi connectivity index (χ2n) is 4.20. The summed E-state index contributed by atoms with van der Waals surface area (Å²) in [5.74, 6) is -1.32. The Morgan fingerprint density at radius 2 is 2.00 bits per heavy atom. The van der Waals surface area contributed by atoms with Crippen LogP contribution in [0.15, 0.2) is 41.3 Å². The number of methoxy groups -OCH3 is 1. The zero-order chi connectivity index (χ0) is 15.4. The number of ether oxygens (including phenoxy) is 1. The van der Waals surface area contributed by atoms with Crippen molar-refractivity contribution in [1.82, 2.24) is 0 Å². The van der Waals surface area contributed by atoms with Gasteiger partial charge in [0, 0.05) is 16.2 Å². The van der Waals surface area contributed by atoms with Crippen molar-refractivity contribution in [2.75, 3.05) is 7.11 Å². The van der Waals surface area contributed by atoms with E-state index in [1.165, 1.54) is 19.2 Å². The third kappa shape index (κ3) is 3.72. The summed E-state index contributed by atoms with van der Waals surface area (Å²) in [6.45, 7) is 0. The van der Waals surface area contributed by atoms with Gasteiger partial charge in [-0.1, -0.05) is 0 Å². The average molecular weight is 310 g/mol. The zero-order valence-electron chi connectivity index (χ0n) is 11.1. The first-order valence-corrected chi connectivity index (χ1v) is 6.98. The minimum Gasteiger partial charge on any atom is -0.496 e. The summed E-state index contributed by atoms with van der Waals surface area (Å²) in [6.07, 6.45) is 0. The quantitative estimate of drug-likeness (QED) is 0.849. The molecule has 0 radical (unpaired) electrons. The maximum absolute atomic E-state index is 13.5. The summed E-state index contributed by atoms with van der Waals surface area (Å²) in [7, 11) is 1.46. The molecule has 1 N–H and O–H groups in total. The van der Waals surface area contributed by atoms with Crippen molar-refractivity contribution >= 4 is 17.7 Å². The van der Waals surface area contributed by atoms with Crippen LogP contribution in [-0.4, -0.2) is 18.2 Å². The Morgan fingerprint density at radius 1 is 1.24 bits per heavy atom. The van der Waals surface area contributed by atoms with Crippen molar-refractivity contribution in [1.29, 1.82) is 0 Å². The van der Waals surface area contributed by atoms with Crippen LogP contribution in [0.1, 0.15) is 15.9 Å². The molecule has 2 aromatic carbocycles. The molecule has 0 amide bonds. The summed E-state index contributed by atoms with van der Waals surface area (Å²) >= 11 is 1.08. The van der Waals surface area contributed by atoms with Gasteiger partial charge >= 0.3 is 5.97 Å². The van der Waals surface area contributed by atoms with Crippen LogP contribution < -0.4 is 4.74 Å². The molecule has 0 aliphatic heterocycles. The first-order valence-electron chi connectivity index (χ1n) is 5.99. The van der Waals surface area contributed by atoms with Gasteiger partial charge in [0.15, 0.2) is 0 Å². The van der Waals surface area contributed by atoms with E-state index >= 15 is 0 Å². The van der Waals surface area contributed by atoms with E-state index in [0.717, 1.165) is 30.0 Å². The fourth-order valence-corrected chi connectivity index (χ4v) is 2.71. The highest BCUT2D eigenvalue weighted by Crippen LogP contribution is 2.30. The Labute approximate surface area is 124 Å². The van der Waals surface area contributed by atoms with Crippen molar-refractivity contribution in [3.8, 4) is 5.75 Å². The predicted molar refractivity (Wildman–Crippen MR) is 75.9 cm³/mol. The van der Waals surface area contributed by atoms with Gasteiger partial charge in [-0.25, -0.2) is 13.6 Å². The van der Waals surface area contributed by atoms with Crippen LogP contribution in [0.25, 0.3) is 0 Å². The highest BCUT2D eigenvalue weighted by molar-refractivity contribution is 7.98. The molecule has 21 heavy (non-hydrogen) atoms. The summed E-state index contributed by atoms with van der Waals surface area (Å²) in [4.78, 5) is 11.1. The van der Waals surface area contributed by atoms with Gasteiger partial charge in [0.1, 0.15) is 17.4 Å². The third-order valence-corrected chi connectivity index (χ3v) is 3.88. The van der Waals surface area contributed by atoms with Crippen LogP contribution in [-0.2, 0) is 5.75 Å². The highest BCUT2D eigenvalue weighted by Gasteiger charge is 2.11. The van der Waals surface area contributed by atoms with Gasteiger partial charge in [0.05, 0.1) is 12.7 Å². The molecule has 110 valence electrons. The topological polar surface area (TPSA) is 46.5 Å². The van der Waals surface area contributed by atoms with E-state index in [1.54, 1.807) is 6.07 Å². The van der Waals surface area contributed by atoms with Gasteiger partial charge in [-0.2, -0.15) is 0 Å². The monoisotopic (exact) mass is 310 g/mol. The molecule has 0 heterocycles. The summed E-state index contributed by atoms with van der Waals surface area (Å²) < 4.78 is 31.8. The van der Waals surface area contributed by atoms with Crippen molar-refractivity contribution in [3.63, 3.8) is 0 Å². The number of thioether (sulfide) groups is 1. The van der Waals surface area contributed by atoms with E-state index < -0.39 is 17.6 Å². The van der Waals surface area contributed by atoms with Gasteiger partial charge in [-0.15, -0.1) is 11.8 Å². The summed E-state index contributed by atoms with van der Waals surface area (Å²) in [5.41, 5.74) is 0.720. The molecular weight excluding hydrogens is 298 g/mol. The number of hydrogen-bond acceptors (Lipinski definition) is 3. The molecular formula is C15H12F2O3S. The normalized spacial score (nSPS) is 10.4. The maximum atomic E-state index is 13.5. The van der Waals surface area contributed by atoms with E-state index in [0.29, 0.717) is 11.3 Å². The maximum Gasteiger partial charge on any atom is 0.335 e. The molecule has 0 spiro atoms. The molecule has 0 bridgehead atoms. The zero-order valence-corrected chi connectivity index (χ0v) is 11.9. The highest BCUT2D eigenvalue weighted by atomic mass is 32.2. The number of carboxylic acid groups (broad SMARTS) is 1. The molecule has 3 nitrogen and oxygen atoms in total. The van der Waals surface area contributed by atoms with Gasteiger partial charge in [-0.05, 0) is 36.4 Å². The molecule has 0 saturated heterocycles. The number of carbonyl (C=O) groups is 1. The van der Waals surface area contributed by atoms with Crippen molar-refractivity contribution in [3.05, 3.63) is 59.2 Å². The Balaban J connectivity index is 2.24. The second-order valence-corrected chi connectivity index (χ2v) is 5.21. The SMILES string of the molecule is COc1ccc(C(=O)O)cc1CSc1cc(F)ccc1F. The molecule has 0 unspecified atom stereocenters. The lowest BCUT2D eigenvalue weighted by molar-refractivity contribution is 0.0696. The average Bonchev–Trinajstić information content (AvgIpc) is 2.47. The fourth-order valence-electron chi connectivity index (χ4n) is 1.77. The summed E-state index contributed by atoms with van der Waals surface area (Å²) in [5, 5.41) is 8.98. The number of halogens is 2. The van der Waals surface area contributed by atoms with E-state index in [2.05, 4.69) is 0 Å². The standard InChI is InChI=1S/C15H12F2O3S/c1-20-13-5-2-9(15(18)19)6-10(13)8-21-14-7-11(16)3-4-12(14)17/h2-7H,8H2,1H3,(H,18,19). The van der Waals surface area contributed by atoms with Crippen LogP contribution in [0, 0.1) is 11.6 Å². The molecule has 6 heteroatoms. The molecule has 0 saturated carbocycles. The minimum absolute atomic E-state index is 0.117. The first-order chi connectivity index (χ1) is 10.0.